The van der Waals surface area contributed by atoms with Gasteiger partial charge in [0.1, 0.15) is 12.3 Å². The Morgan fingerprint density at radius 2 is 1.71 bits per heavy atom. The summed E-state index contributed by atoms with van der Waals surface area (Å²) in [6.45, 7) is 1.94. The Bertz CT molecular complexity index is 1200. The van der Waals surface area contributed by atoms with Crippen LogP contribution in [0.1, 0.15) is 11.1 Å². The smallest absolute Gasteiger partial charge is 0.264 e. The Morgan fingerprint density at radius 3 is 2.38 bits per heavy atom. The van der Waals surface area contributed by atoms with Crippen LogP contribution in [0.2, 0.25) is 5.02 Å². The number of hydrogen-bond acceptors (Lipinski definition) is 5. The molecule has 1 amide bonds. The molecule has 0 heterocycles. The number of thioether (sulfide) groups is 1. The molecule has 0 saturated carbocycles. The maximum atomic E-state index is 13.5. The SMILES string of the molecule is COc1ccccc1N(CC(=O)NCCSCc1ccc(Cl)cc1)S(=O)(=O)c1ccc(C)cc1. The van der Waals surface area contributed by atoms with Gasteiger partial charge in [-0.05, 0) is 48.9 Å². The number of para-hydroxylation sites is 2. The van der Waals surface area contributed by atoms with Crippen LogP contribution < -0.4 is 14.4 Å². The van der Waals surface area contributed by atoms with Crippen molar-refractivity contribution in [2.75, 3.05) is 30.3 Å². The van der Waals surface area contributed by atoms with Crippen LogP contribution in [-0.4, -0.2) is 40.3 Å². The summed E-state index contributed by atoms with van der Waals surface area (Å²) in [5, 5.41) is 3.52. The summed E-state index contributed by atoms with van der Waals surface area (Å²) in [5.74, 6) is 1.45. The first-order valence-electron chi connectivity index (χ1n) is 10.6. The molecule has 0 radical (unpaired) electrons. The van der Waals surface area contributed by atoms with E-state index in [4.69, 9.17) is 16.3 Å². The van der Waals surface area contributed by atoms with Gasteiger partial charge >= 0.3 is 0 Å². The average molecular weight is 519 g/mol. The molecule has 0 aromatic heterocycles. The van der Waals surface area contributed by atoms with Crippen molar-refractivity contribution in [2.45, 2.75) is 17.6 Å². The summed E-state index contributed by atoms with van der Waals surface area (Å²) >= 11 is 7.57. The molecular formula is C25H27ClN2O4S2. The largest absolute Gasteiger partial charge is 0.495 e. The fourth-order valence-corrected chi connectivity index (χ4v) is 5.57. The molecule has 0 fully saturated rings. The third kappa shape index (κ3) is 6.91. The van der Waals surface area contributed by atoms with E-state index >= 15 is 0 Å². The molecule has 0 aliphatic rings. The van der Waals surface area contributed by atoms with Crippen molar-refractivity contribution in [1.29, 1.82) is 0 Å². The Morgan fingerprint density at radius 1 is 1.03 bits per heavy atom. The highest BCUT2D eigenvalue weighted by Gasteiger charge is 2.29. The van der Waals surface area contributed by atoms with Crippen LogP contribution in [0.25, 0.3) is 0 Å². The number of nitrogens with one attached hydrogen (secondary N) is 1. The van der Waals surface area contributed by atoms with Crippen LogP contribution in [0.15, 0.2) is 77.7 Å². The summed E-state index contributed by atoms with van der Waals surface area (Å²) in [4.78, 5) is 12.9. The first-order valence-corrected chi connectivity index (χ1v) is 13.6. The van der Waals surface area contributed by atoms with E-state index in [2.05, 4.69) is 5.32 Å². The van der Waals surface area contributed by atoms with Crippen LogP contribution in [0, 0.1) is 6.92 Å². The third-order valence-corrected chi connectivity index (χ3v) is 8.06. The topological polar surface area (TPSA) is 75.7 Å². The average Bonchev–Trinajstić information content (AvgIpc) is 2.83. The Hall–Kier alpha value is -2.68. The lowest BCUT2D eigenvalue weighted by Gasteiger charge is -2.25. The fraction of sp³-hybridized carbons (Fsp3) is 0.240. The number of nitrogens with zero attached hydrogens (tertiary/aromatic N) is 1. The Kier molecular flexibility index (Phi) is 9.27. The number of amides is 1. The van der Waals surface area contributed by atoms with Gasteiger partial charge in [-0.2, -0.15) is 11.8 Å². The first kappa shape index (κ1) is 25.9. The second-order valence-electron chi connectivity index (χ2n) is 7.53. The number of halogens is 1. The van der Waals surface area contributed by atoms with Crippen molar-refractivity contribution in [2.24, 2.45) is 0 Å². The van der Waals surface area contributed by atoms with Crippen molar-refractivity contribution >= 4 is 45.0 Å². The second kappa shape index (κ2) is 12.1. The normalized spacial score (nSPS) is 11.1. The minimum absolute atomic E-state index is 0.107. The van der Waals surface area contributed by atoms with Crippen LogP contribution in [0.4, 0.5) is 5.69 Å². The number of rotatable bonds is 11. The summed E-state index contributed by atoms with van der Waals surface area (Å²) in [7, 11) is -2.53. The number of ether oxygens (including phenoxy) is 1. The molecule has 0 spiro atoms. The molecule has 0 aliphatic carbocycles. The number of carbonyl (C=O) groups is 1. The lowest BCUT2D eigenvalue weighted by molar-refractivity contribution is -0.119. The zero-order valence-corrected chi connectivity index (χ0v) is 21.4. The van der Waals surface area contributed by atoms with E-state index in [1.54, 1.807) is 60.3 Å². The van der Waals surface area contributed by atoms with Crippen molar-refractivity contribution < 1.29 is 17.9 Å². The van der Waals surface area contributed by atoms with E-state index in [1.807, 2.05) is 31.2 Å². The van der Waals surface area contributed by atoms with Gasteiger partial charge in [-0.1, -0.05) is 53.6 Å². The van der Waals surface area contributed by atoms with Crippen molar-refractivity contribution in [3.05, 3.63) is 88.9 Å². The van der Waals surface area contributed by atoms with Gasteiger partial charge in [0.2, 0.25) is 5.91 Å². The molecule has 6 nitrogen and oxygen atoms in total. The van der Waals surface area contributed by atoms with E-state index in [9.17, 15) is 13.2 Å². The maximum Gasteiger partial charge on any atom is 0.264 e. The van der Waals surface area contributed by atoms with E-state index in [-0.39, 0.29) is 11.4 Å². The van der Waals surface area contributed by atoms with Gasteiger partial charge in [-0.15, -0.1) is 0 Å². The predicted octanol–water partition coefficient (Wildman–Crippen LogP) is 4.90. The molecule has 1 N–H and O–H groups in total. The van der Waals surface area contributed by atoms with Crippen molar-refractivity contribution in [3.63, 3.8) is 0 Å². The molecule has 3 rings (SSSR count). The lowest BCUT2D eigenvalue weighted by atomic mass is 10.2. The van der Waals surface area contributed by atoms with E-state index < -0.39 is 15.9 Å². The molecule has 0 atom stereocenters. The number of aryl methyl sites for hydroxylation is 1. The number of carbonyl (C=O) groups excluding carboxylic acids is 1. The van der Waals surface area contributed by atoms with Crippen LogP contribution >= 0.6 is 23.4 Å². The fourth-order valence-electron chi connectivity index (χ4n) is 3.19. The lowest BCUT2D eigenvalue weighted by Crippen LogP contribution is -2.41. The van der Waals surface area contributed by atoms with Gasteiger partial charge in [-0.3, -0.25) is 9.10 Å². The van der Waals surface area contributed by atoms with E-state index in [1.165, 1.54) is 7.11 Å². The highest BCUT2D eigenvalue weighted by Crippen LogP contribution is 2.32. The number of sulfonamides is 1. The molecule has 0 saturated heterocycles. The van der Waals surface area contributed by atoms with Crippen molar-refractivity contribution in [1.82, 2.24) is 5.32 Å². The number of anilines is 1. The molecule has 3 aromatic rings. The third-order valence-electron chi connectivity index (χ3n) is 5.00. The monoisotopic (exact) mass is 518 g/mol. The van der Waals surface area contributed by atoms with Gasteiger partial charge in [-0.25, -0.2) is 8.42 Å². The summed E-state index contributed by atoms with van der Waals surface area (Å²) < 4.78 is 33.4. The summed E-state index contributed by atoms with van der Waals surface area (Å²) in [5.41, 5.74) is 2.39. The molecule has 3 aromatic carbocycles. The second-order valence-corrected chi connectivity index (χ2v) is 10.9. The van der Waals surface area contributed by atoms with Crippen LogP contribution in [0.3, 0.4) is 0 Å². The molecule has 0 unspecified atom stereocenters. The van der Waals surface area contributed by atoms with E-state index in [0.29, 0.717) is 28.8 Å². The molecular weight excluding hydrogens is 492 g/mol. The minimum Gasteiger partial charge on any atom is -0.495 e. The van der Waals surface area contributed by atoms with Gasteiger partial charge in [0.25, 0.3) is 10.0 Å². The first-order chi connectivity index (χ1) is 16.3. The minimum atomic E-state index is -4.00. The van der Waals surface area contributed by atoms with Crippen LogP contribution in [0.5, 0.6) is 5.75 Å². The van der Waals surface area contributed by atoms with Gasteiger partial charge in [0, 0.05) is 23.1 Å². The quantitative estimate of drug-likeness (QED) is 0.365. The highest BCUT2D eigenvalue weighted by atomic mass is 35.5. The van der Waals surface area contributed by atoms with Gasteiger partial charge in [0.05, 0.1) is 17.7 Å². The zero-order valence-electron chi connectivity index (χ0n) is 19.0. The molecule has 34 heavy (non-hydrogen) atoms. The van der Waals surface area contributed by atoms with Crippen molar-refractivity contribution in [3.8, 4) is 5.75 Å². The predicted molar refractivity (Wildman–Crippen MR) is 139 cm³/mol. The van der Waals surface area contributed by atoms with Crippen LogP contribution in [-0.2, 0) is 20.6 Å². The highest BCUT2D eigenvalue weighted by molar-refractivity contribution is 7.98. The van der Waals surface area contributed by atoms with E-state index in [0.717, 1.165) is 21.2 Å². The molecule has 0 bridgehead atoms. The van der Waals surface area contributed by atoms with Gasteiger partial charge in [0.15, 0.2) is 0 Å². The Labute approximate surface area is 210 Å². The molecule has 180 valence electrons. The number of methoxy groups -OCH3 is 1. The van der Waals surface area contributed by atoms with Gasteiger partial charge < -0.3 is 10.1 Å². The standard InChI is InChI=1S/C25H27ClN2O4S2/c1-19-7-13-22(14-8-19)34(30,31)28(23-5-3-4-6-24(23)32-2)17-25(29)27-15-16-33-18-20-9-11-21(26)12-10-20/h3-14H,15-18H2,1-2H3,(H,27,29). The number of benzene rings is 3. The Balaban J connectivity index is 1.68. The molecule has 9 heteroatoms. The number of hydrogen-bond donors (Lipinski definition) is 1. The summed E-state index contributed by atoms with van der Waals surface area (Å²) in [6.07, 6.45) is 0. The molecule has 0 aliphatic heterocycles. The zero-order chi connectivity index (χ0) is 24.6. The summed E-state index contributed by atoms with van der Waals surface area (Å²) in [6, 6.07) is 20.9. The maximum absolute atomic E-state index is 13.5.